The molecule has 2 heterocycles. The molecule has 0 unspecified atom stereocenters. The molecule has 0 bridgehead atoms. The molecule has 226 valence electrons. The number of carbonyl (C=O) groups excluding carboxylic acids is 2. The van der Waals surface area contributed by atoms with Gasteiger partial charge in [-0.3, -0.25) is 19.8 Å². The molecule has 3 aromatic carbocycles. The monoisotopic (exact) mass is 596 g/mol. The Hall–Kier alpha value is -5.58. The molecule has 2 N–H and O–H groups in total. The van der Waals surface area contributed by atoms with E-state index >= 15 is 0 Å². The van der Waals surface area contributed by atoms with E-state index in [1.807, 2.05) is 0 Å². The van der Waals surface area contributed by atoms with Crippen molar-refractivity contribution in [1.29, 1.82) is 0 Å². The highest BCUT2D eigenvalue weighted by molar-refractivity contribution is 5.92. The van der Waals surface area contributed by atoms with Gasteiger partial charge in [0.15, 0.2) is 11.4 Å². The lowest BCUT2D eigenvalue weighted by Gasteiger charge is -2.19. The molecule has 0 saturated heterocycles. The maximum atomic E-state index is 14.4. The molecule has 0 aliphatic carbocycles. The first-order valence-electron chi connectivity index (χ1n) is 14.3. The van der Waals surface area contributed by atoms with Gasteiger partial charge in [0.1, 0.15) is 5.75 Å². The molecular weight excluding hydrogens is 564 g/mol. The number of para-hydroxylation sites is 3. The Morgan fingerprint density at radius 1 is 0.636 bits per heavy atom. The Balaban J connectivity index is 1.92. The van der Waals surface area contributed by atoms with Crippen molar-refractivity contribution in [2.24, 2.45) is 0 Å². The number of carbonyl (C=O) groups is 2. The Morgan fingerprint density at radius 2 is 1.07 bits per heavy atom. The second-order valence-electron chi connectivity index (χ2n) is 9.60. The third kappa shape index (κ3) is 5.59. The summed E-state index contributed by atoms with van der Waals surface area (Å²) in [4.78, 5) is 55.7. The predicted octanol–water partition coefficient (Wildman–Crippen LogP) is 4.58. The molecule has 11 heteroatoms. The maximum absolute atomic E-state index is 14.4. The minimum atomic E-state index is -1.26. The SMILES string of the molecule is CCOC(=O)c1[nH]n(-c2ccccc2)c(=O)c1C(c1ccccc1OCC)c1c(C(=O)OCC)[nH]n(-c2ccccc2)c1=O. The number of aromatic nitrogens is 4. The molecule has 2 aromatic heterocycles. The van der Waals surface area contributed by atoms with Crippen molar-refractivity contribution in [3.8, 4) is 17.1 Å². The van der Waals surface area contributed by atoms with Gasteiger partial charge < -0.3 is 14.2 Å². The van der Waals surface area contributed by atoms with Gasteiger partial charge in [0.25, 0.3) is 11.1 Å². The number of H-pyrrole nitrogens is 2. The van der Waals surface area contributed by atoms with Crippen molar-refractivity contribution >= 4 is 11.9 Å². The molecule has 0 radical (unpaired) electrons. The highest BCUT2D eigenvalue weighted by Gasteiger charge is 2.38. The number of ether oxygens (including phenoxy) is 3. The van der Waals surface area contributed by atoms with Gasteiger partial charge in [-0.1, -0.05) is 54.6 Å². The number of aromatic amines is 2. The minimum Gasteiger partial charge on any atom is -0.494 e. The molecule has 5 aromatic rings. The van der Waals surface area contributed by atoms with Crippen LogP contribution in [0.2, 0.25) is 0 Å². The van der Waals surface area contributed by atoms with E-state index in [0.717, 1.165) is 0 Å². The molecule has 0 atom stereocenters. The van der Waals surface area contributed by atoms with E-state index in [9.17, 15) is 19.2 Å². The fourth-order valence-electron chi connectivity index (χ4n) is 5.13. The fraction of sp³-hybridized carbons (Fsp3) is 0.212. The van der Waals surface area contributed by atoms with Crippen LogP contribution in [0.4, 0.5) is 0 Å². The number of hydrogen-bond donors (Lipinski definition) is 2. The molecule has 5 rings (SSSR count). The van der Waals surface area contributed by atoms with E-state index in [2.05, 4.69) is 10.2 Å². The van der Waals surface area contributed by atoms with Crippen molar-refractivity contribution in [1.82, 2.24) is 19.6 Å². The Morgan fingerprint density at radius 3 is 1.50 bits per heavy atom. The highest BCUT2D eigenvalue weighted by Crippen LogP contribution is 2.38. The van der Waals surface area contributed by atoms with E-state index in [0.29, 0.717) is 22.7 Å². The molecule has 0 amide bonds. The van der Waals surface area contributed by atoms with Gasteiger partial charge >= 0.3 is 11.9 Å². The lowest BCUT2D eigenvalue weighted by Crippen LogP contribution is -2.27. The average Bonchev–Trinajstić information content (AvgIpc) is 3.57. The standard InChI is InChI=1S/C33H32N4O7/c1-4-42-24-20-14-13-19-23(24)25(26-28(32(40)43-5-2)34-36(30(26)38)21-15-9-7-10-16-21)27-29(33(41)44-6-3)35-37(31(27)39)22-17-11-8-12-18-22/h7-20,25,34-35H,4-6H2,1-3H3. The summed E-state index contributed by atoms with van der Waals surface area (Å²) in [7, 11) is 0. The molecule has 0 fully saturated rings. The van der Waals surface area contributed by atoms with Crippen molar-refractivity contribution in [3.05, 3.63) is 134 Å². The fourth-order valence-corrected chi connectivity index (χ4v) is 5.13. The Labute approximate surface area is 252 Å². The van der Waals surface area contributed by atoms with Crippen LogP contribution in [-0.4, -0.2) is 51.3 Å². The quantitative estimate of drug-likeness (QED) is 0.213. The van der Waals surface area contributed by atoms with E-state index in [1.165, 1.54) is 9.36 Å². The summed E-state index contributed by atoms with van der Waals surface area (Å²) in [6.45, 7) is 5.45. The summed E-state index contributed by atoms with van der Waals surface area (Å²) in [6, 6.07) is 24.2. The van der Waals surface area contributed by atoms with Crippen molar-refractivity contribution in [3.63, 3.8) is 0 Å². The van der Waals surface area contributed by atoms with Gasteiger partial charge in [-0.2, -0.15) is 0 Å². The number of esters is 2. The van der Waals surface area contributed by atoms with Gasteiger partial charge in [0.05, 0.1) is 48.2 Å². The van der Waals surface area contributed by atoms with Gasteiger partial charge in [-0.05, 0) is 51.1 Å². The maximum Gasteiger partial charge on any atom is 0.356 e. The summed E-state index contributed by atoms with van der Waals surface area (Å²) in [5.41, 5.74) is -0.465. The molecule has 0 saturated carbocycles. The zero-order valence-electron chi connectivity index (χ0n) is 24.5. The van der Waals surface area contributed by atoms with Crippen LogP contribution in [0.15, 0.2) is 94.5 Å². The zero-order valence-corrected chi connectivity index (χ0v) is 24.5. The average molecular weight is 597 g/mol. The second-order valence-corrected chi connectivity index (χ2v) is 9.60. The van der Waals surface area contributed by atoms with Crippen LogP contribution in [0.25, 0.3) is 11.4 Å². The van der Waals surface area contributed by atoms with Gasteiger partial charge in [0.2, 0.25) is 0 Å². The van der Waals surface area contributed by atoms with Crippen LogP contribution in [0, 0.1) is 0 Å². The van der Waals surface area contributed by atoms with Crippen LogP contribution in [0.5, 0.6) is 5.75 Å². The van der Waals surface area contributed by atoms with Crippen LogP contribution < -0.4 is 15.9 Å². The third-order valence-corrected chi connectivity index (χ3v) is 6.95. The topological polar surface area (TPSA) is 137 Å². The Bertz CT molecular complexity index is 1770. The normalized spacial score (nSPS) is 11.0. The summed E-state index contributed by atoms with van der Waals surface area (Å²) in [5.74, 6) is -2.50. The third-order valence-electron chi connectivity index (χ3n) is 6.95. The first-order chi connectivity index (χ1) is 21.4. The largest absolute Gasteiger partial charge is 0.494 e. The smallest absolute Gasteiger partial charge is 0.356 e. The first-order valence-corrected chi connectivity index (χ1v) is 14.3. The summed E-state index contributed by atoms with van der Waals surface area (Å²) in [6.07, 6.45) is 0. The van der Waals surface area contributed by atoms with Crippen LogP contribution in [0.1, 0.15) is 64.4 Å². The second kappa shape index (κ2) is 13.2. The molecule has 44 heavy (non-hydrogen) atoms. The molecule has 0 aliphatic heterocycles. The summed E-state index contributed by atoms with van der Waals surface area (Å²) >= 11 is 0. The molecule has 11 nitrogen and oxygen atoms in total. The lowest BCUT2D eigenvalue weighted by atomic mass is 9.84. The van der Waals surface area contributed by atoms with Crippen molar-refractivity contribution < 1.29 is 23.8 Å². The van der Waals surface area contributed by atoms with Crippen LogP contribution in [-0.2, 0) is 9.47 Å². The predicted molar refractivity (Wildman–Crippen MR) is 163 cm³/mol. The van der Waals surface area contributed by atoms with E-state index in [-0.39, 0.29) is 42.3 Å². The molecule has 0 spiro atoms. The molecular formula is C33H32N4O7. The van der Waals surface area contributed by atoms with Gasteiger partial charge in [-0.25, -0.2) is 19.0 Å². The number of rotatable bonds is 11. The van der Waals surface area contributed by atoms with Crippen molar-refractivity contribution in [2.45, 2.75) is 26.7 Å². The lowest BCUT2D eigenvalue weighted by molar-refractivity contribution is 0.0510. The highest BCUT2D eigenvalue weighted by atomic mass is 16.5. The van der Waals surface area contributed by atoms with Gasteiger partial charge in [-0.15, -0.1) is 0 Å². The van der Waals surface area contributed by atoms with Crippen LogP contribution >= 0.6 is 0 Å². The zero-order chi connectivity index (χ0) is 31.2. The number of benzene rings is 3. The van der Waals surface area contributed by atoms with Crippen LogP contribution in [0.3, 0.4) is 0 Å². The van der Waals surface area contributed by atoms with Crippen molar-refractivity contribution in [2.75, 3.05) is 19.8 Å². The minimum absolute atomic E-state index is 0.0378. The Kier molecular flexibility index (Phi) is 8.94. The van der Waals surface area contributed by atoms with E-state index < -0.39 is 29.0 Å². The summed E-state index contributed by atoms with van der Waals surface area (Å²) < 4.78 is 19.1. The van der Waals surface area contributed by atoms with E-state index in [4.69, 9.17) is 14.2 Å². The first kappa shape index (κ1) is 29.9. The number of nitrogens with one attached hydrogen (secondary N) is 2. The van der Waals surface area contributed by atoms with E-state index in [1.54, 1.807) is 106 Å². The molecule has 0 aliphatic rings. The number of hydrogen-bond acceptors (Lipinski definition) is 7. The summed E-state index contributed by atoms with van der Waals surface area (Å²) in [5, 5.41) is 5.82. The number of nitrogens with zero attached hydrogens (tertiary/aromatic N) is 2. The van der Waals surface area contributed by atoms with Gasteiger partial charge in [0, 0.05) is 5.56 Å².